The van der Waals surface area contributed by atoms with Crippen LogP contribution in [-0.2, 0) is 24.1 Å². The highest BCUT2D eigenvalue weighted by Crippen LogP contribution is 2.29. The fourth-order valence-corrected chi connectivity index (χ4v) is 3.52. The molecule has 2 amide bonds. The number of fused-ring (bicyclic) bond motifs is 1. The number of nitrogens with one attached hydrogen (secondary N) is 2. The number of hydrogen-bond acceptors (Lipinski definition) is 5. The molecule has 1 aliphatic rings. The van der Waals surface area contributed by atoms with Crippen LogP contribution in [0.3, 0.4) is 0 Å². The SMILES string of the molecule is O=C(NCCOCCn1cccn1)Nc1nc2c(s1)CCCC2. The number of carbonyl (C=O) groups excluding carboxylic acids is 1. The van der Waals surface area contributed by atoms with E-state index in [1.54, 1.807) is 17.5 Å². The average Bonchev–Trinajstić information content (AvgIpc) is 3.19. The molecule has 0 unspecified atom stereocenters. The number of thiazole rings is 1. The fraction of sp³-hybridized carbons (Fsp3) is 0.533. The van der Waals surface area contributed by atoms with Gasteiger partial charge in [0.05, 0.1) is 25.5 Å². The third kappa shape index (κ3) is 4.77. The Hall–Kier alpha value is -1.93. The molecule has 1 aliphatic carbocycles. The van der Waals surface area contributed by atoms with Crippen molar-refractivity contribution in [2.45, 2.75) is 32.2 Å². The maximum Gasteiger partial charge on any atom is 0.321 e. The Morgan fingerprint density at radius 3 is 3.09 bits per heavy atom. The molecule has 124 valence electrons. The van der Waals surface area contributed by atoms with E-state index in [4.69, 9.17) is 4.74 Å². The second-order valence-electron chi connectivity index (χ2n) is 5.36. The number of nitrogens with zero attached hydrogens (tertiary/aromatic N) is 3. The fourth-order valence-electron chi connectivity index (χ4n) is 2.48. The van der Waals surface area contributed by atoms with Crippen LogP contribution in [-0.4, -0.2) is 40.6 Å². The number of urea groups is 1. The van der Waals surface area contributed by atoms with E-state index in [1.165, 1.54) is 17.7 Å². The van der Waals surface area contributed by atoms with Gasteiger partial charge in [-0.25, -0.2) is 9.78 Å². The lowest BCUT2D eigenvalue weighted by Crippen LogP contribution is -2.31. The largest absolute Gasteiger partial charge is 0.378 e. The van der Waals surface area contributed by atoms with Crippen molar-refractivity contribution in [2.75, 3.05) is 25.1 Å². The van der Waals surface area contributed by atoms with Crippen molar-refractivity contribution in [3.8, 4) is 0 Å². The molecule has 3 rings (SSSR count). The van der Waals surface area contributed by atoms with Crippen molar-refractivity contribution in [3.63, 3.8) is 0 Å². The van der Waals surface area contributed by atoms with Gasteiger partial charge in [0.2, 0.25) is 0 Å². The number of carbonyl (C=O) groups is 1. The first-order valence-electron chi connectivity index (χ1n) is 7.90. The highest BCUT2D eigenvalue weighted by Gasteiger charge is 2.16. The highest BCUT2D eigenvalue weighted by molar-refractivity contribution is 7.15. The summed E-state index contributed by atoms with van der Waals surface area (Å²) in [7, 11) is 0. The van der Waals surface area contributed by atoms with E-state index in [1.807, 2.05) is 16.9 Å². The molecule has 0 spiro atoms. The molecule has 0 aliphatic heterocycles. The molecule has 0 saturated carbocycles. The first kappa shape index (κ1) is 15.9. The molecule has 2 aromatic heterocycles. The Labute approximate surface area is 139 Å². The second kappa shape index (κ2) is 8.07. The minimum atomic E-state index is -0.230. The molecule has 2 aromatic rings. The summed E-state index contributed by atoms with van der Waals surface area (Å²) in [5.41, 5.74) is 1.15. The van der Waals surface area contributed by atoms with Crippen LogP contribution >= 0.6 is 11.3 Å². The van der Waals surface area contributed by atoms with E-state index < -0.39 is 0 Å². The first-order chi connectivity index (χ1) is 11.3. The summed E-state index contributed by atoms with van der Waals surface area (Å²) >= 11 is 1.59. The minimum Gasteiger partial charge on any atom is -0.378 e. The lowest BCUT2D eigenvalue weighted by Gasteiger charge is -2.07. The third-order valence-electron chi connectivity index (χ3n) is 3.62. The molecule has 0 radical (unpaired) electrons. The van der Waals surface area contributed by atoms with Gasteiger partial charge in [-0.05, 0) is 31.7 Å². The van der Waals surface area contributed by atoms with Crippen LogP contribution in [0.15, 0.2) is 18.5 Å². The number of aryl methyl sites for hydroxylation is 2. The van der Waals surface area contributed by atoms with Crippen LogP contribution in [0.2, 0.25) is 0 Å². The standard InChI is InChI=1S/C15H21N5O2S/c21-14(16-7-10-22-11-9-20-8-3-6-17-20)19-15-18-12-4-1-2-5-13(12)23-15/h3,6,8H,1-2,4-5,7,9-11H2,(H2,16,18,19,21). The van der Waals surface area contributed by atoms with Gasteiger partial charge in [0.1, 0.15) is 0 Å². The van der Waals surface area contributed by atoms with E-state index in [9.17, 15) is 4.79 Å². The summed E-state index contributed by atoms with van der Waals surface area (Å²) in [6.07, 6.45) is 8.15. The topological polar surface area (TPSA) is 81.1 Å². The van der Waals surface area contributed by atoms with Gasteiger partial charge in [-0.15, -0.1) is 11.3 Å². The summed E-state index contributed by atoms with van der Waals surface area (Å²) in [6.45, 7) is 2.23. The molecular weight excluding hydrogens is 314 g/mol. The predicted octanol–water partition coefficient (Wildman–Crippen LogP) is 2.06. The smallest absolute Gasteiger partial charge is 0.321 e. The van der Waals surface area contributed by atoms with Gasteiger partial charge in [0.25, 0.3) is 0 Å². The van der Waals surface area contributed by atoms with Gasteiger partial charge < -0.3 is 10.1 Å². The molecule has 0 saturated heterocycles. The minimum absolute atomic E-state index is 0.230. The van der Waals surface area contributed by atoms with Crippen LogP contribution in [0.5, 0.6) is 0 Å². The summed E-state index contributed by atoms with van der Waals surface area (Å²) in [6, 6.07) is 1.65. The lowest BCUT2D eigenvalue weighted by molar-refractivity contribution is 0.126. The summed E-state index contributed by atoms with van der Waals surface area (Å²) in [4.78, 5) is 17.6. The van der Waals surface area contributed by atoms with Crippen LogP contribution < -0.4 is 10.6 Å². The van der Waals surface area contributed by atoms with E-state index in [2.05, 4.69) is 20.7 Å². The Kier molecular flexibility index (Phi) is 5.60. The summed E-state index contributed by atoms with van der Waals surface area (Å²) < 4.78 is 7.27. The molecule has 7 nitrogen and oxygen atoms in total. The van der Waals surface area contributed by atoms with Crippen molar-refractivity contribution in [1.29, 1.82) is 0 Å². The highest BCUT2D eigenvalue weighted by atomic mass is 32.1. The van der Waals surface area contributed by atoms with Crippen molar-refractivity contribution in [1.82, 2.24) is 20.1 Å². The number of rotatable bonds is 7. The van der Waals surface area contributed by atoms with Crippen LogP contribution in [0.4, 0.5) is 9.93 Å². The Morgan fingerprint density at radius 1 is 1.35 bits per heavy atom. The molecule has 0 fully saturated rings. The maximum atomic E-state index is 11.8. The molecule has 0 bridgehead atoms. The number of aromatic nitrogens is 3. The number of ether oxygens (including phenoxy) is 1. The third-order valence-corrected chi connectivity index (χ3v) is 4.69. The Balaban J connectivity index is 1.29. The first-order valence-corrected chi connectivity index (χ1v) is 8.71. The number of anilines is 1. The van der Waals surface area contributed by atoms with Crippen LogP contribution in [0, 0.1) is 0 Å². The predicted molar refractivity (Wildman–Crippen MR) is 88.8 cm³/mol. The van der Waals surface area contributed by atoms with E-state index >= 15 is 0 Å². The van der Waals surface area contributed by atoms with Crippen LogP contribution in [0.1, 0.15) is 23.4 Å². The van der Waals surface area contributed by atoms with Crippen molar-refractivity contribution < 1.29 is 9.53 Å². The molecule has 0 aromatic carbocycles. The van der Waals surface area contributed by atoms with Gasteiger partial charge >= 0.3 is 6.03 Å². The van der Waals surface area contributed by atoms with Gasteiger partial charge in [-0.2, -0.15) is 5.10 Å². The van der Waals surface area contributed by atoms with E-state index in [0.717, 1.165) is 18.5 Å². The zero-order valence-corrected chi connectivity index (χ0v) is 13.8. The average molecular weight is 335 g/mol. The molecular formula is C15H21N5O2S. The second-order valence-corrected chi connectivity index (χ2v) is 6.44. The van der Waals surface area contributed by atoms with Crippen molar-refractivity contribution in [2.24, 2.45) is 0 Å². The quantitative estimate of drug-likeness (QED) is 0.759. The van der Waals surface area contributed by atoms with Gasteiger partial charge in [0.15, 0.2) is 5.13 Å². The monoisotopic (exact) mass is 335 g/mol. The Bertz CT molecular complexity index is 602. The lowest BCUT2D eigenvalue weighted by atomic mass is 10.0. The molecule has 0 atom stereocenters. The van der Waals surface area contributed by atoms with Crippen LogP contribution in [0.25, 0.3) is 0 Å². The number of hydrogen-bond donors (Lipinski definition) is 2. The Morgan fingerprint density at radius 2 is 2.26 bits per heavy atom. The zero-order chi connectivity index (χ0) is 15.9. The van der Waals surface area contributed by atoms with Gasteiger partial charge in [-0.1, -0.05) is 0 Å². The van der Waals surface area contributed by atoms with Crippen molar-refractivity contribution >= 4 is 22.5 Å². The maximum absolute atomic E-state index is 11.8. The van der Waals surface area contributed by atoms with Gasteiger partial charge in [-0.3, -0.25) is 10.00 Å². The molecule has 8 heteroatoms. The van der Waals surface area contributed by atoms with E-state index in [-0.39, 0.29) is 6.03 Å². The number of amides is 2. The summed E-state index contributed by atoms with van der Waals surface area (Å²) in [5, 5.41) is 10.4. The van der Waals surface area contributed by atoms with E-state index in [0.29, 0.717) is 31.4 Å². The molecule has 2 N–H and O–H groups in total. The molecule has 2 heterocycles. The zero-order valence-electron chi connectivity index (χ0n) is 13.0. The van der Waals surface area contributed by atoms with Crippen molar-refractivity contribution in [3.05, 3.63) is 29.0 Å². The molecule has 23 heavy (non-hydrogen) atoms. The normalized spacial score (nSPS) is 13.6. The van der Waals surface area contributed by atoms with Gasteiger partial charge in [0, 0.05) is 23.8 Å². The summed E-state index contributed by atoms with van der Waals surface area (Å²) in [5.74, 6) is 0.